The van der Waals surface area contributed by atoms with E-state index in [1.165, 1.54) is 12.1 Å². The molecule has 3 heterocycles. The molecule has 3 aromatic rings. The van der Waals surface area contributed by atoms with E-state index in [0.717, 1.165) is 34.1 Å². The summed E-state index contributed by atoms with van der Waals surface area (Å²) in [5.41, 5.74) is 7.75. The Labute approximate surface area is 317 Å². The SMILES string of the molecule is Cc1cc(C)c2cccc(OCc3c(Cl)ccc(S(=O)(=O)NC4(C(=O)N5CCN(C(=O)[C@@H](N)CCC[N+](C)(C)C)CC5)CCN(C)CC4)c3Cl)c2n1. The maximum atomic E-state index is 14.3. The summed E-state index contributed by atoms with van der Waals surface area (Å²) in [6.45, 7) is 6.96. The molecule has 0 unspecified atom stereocenters. The highest BCUT2D eigenvalue weighted by Gasteiger charge is 2.47. The van der Waals surface area contributed by atoms with Crippen molar-refractivity contribution in [2.75, 3.05) is 74.0 Å². The van der Waals surface area contributed by atoms with Gasteiger partial charge in [-0.15, -0.1) is 0 Å². The van der Waals surface area contributed by atoms with E-state index in [9.17, 15) is 18.0 Å². The molecule has 0 aliphatic carbocycles. The minimum atomic E-state index is -4.33. The van der Waals surface area contributed by atoms with Crippen molar-refractivity contribution in [3.8, 4) is 5.75 Å². The number of hydrogen-bond acceptors (Lipinski definition) is 8. The van der Waals surface area contributed by atoms with E-state index in [0.29, 0.717) is 49.4 Å². The number of aromatic nitrogens is 1. The first-order chi connectivity index (χ1) is 24.4. The Kier molecular flexibility index (Phi) is 12.5. The van der Waals surface area contributed by atoms with Gasteiger partial charge in [-0.25, -0.2) is 13.4 Å². The Hall–Kier alpha value is -3.04. The highest BCUT2D eigenvalue weighted by Crippen LogP contribution is 2.35. The molecule has 0 saturated carbocycles. The lowest BCUT2D eigenvalue weighted by molar-refractivity contribution is -0.870. The highest BCUT2D eigenvalue weighted by atomic mass is 35.5. The molecule has 2 aliphatic rings. The van der Waals surface area contributed by atoms with E-state index in [1.54, 1.807) is 15.9 Å². The Balaban J connectivity index is 1.32. The lowest BCUT2D eigenvalue weighted by Gasteiger charge is -2.44. The van der Waals surface area contributed by atoms with Crippen molar-refractivity contribution in [2.45, 2.75) is 62.6 Å². The first-order valence-electron chi connectivity index (χ1n) is 17.7. The van der Waals surface area contributed by atoms with Crippen molar-refractivity contribution in [3.63, 3.8) is 0 Å². The summed E-state index contributed by atoms with van der Waals surface area (Å²) in [5, 5.41) is 1.10. The number of piperidine rings is 1. The molecule has 0 spiro atoms. The van der Waals surface area contributed by atoms with Gasteiger partial charge in [-0.05, 0) is 76.4 Å². The van der Waals surface area contributed by atoms with E-state index in [-0.39, 0.29) is 59.3 Å². The fraction of sp³-hybridized carbons (Fsp3) is 0.541. The number of fused-ring (bicyclic) bond motifs is 1. The van der Waals surface area contributed by atoms with Gasteiger partial charge >= 0.3 is 0 Å². The van der Waals surface area contributed by atoms with Crippen LogP contribution in [-0.4, -0.2) is 130 Å². The smallest absolute Gasteiger partial charge is 0.244 e. The lowest BCUT2D eigenvalue weighted by Crippen LogP contribution is -2.65. The molecule has 0 radical (unpaired) electrons. The number of rotatable bonds is 12. The molecule has 2 amide bonds. The first-order valence-corrected chi connectivity index (χ1v) is 20.0. The molecule has 12 nitrogen and oxygen atoms in total. The fourth-order valence-corrected chi connectivity index (χ4v) is 9.29. The monoisotopic (exact) mass is 776 g/mol. The largest absolute Gasteiger partial charge is 0.487 e. The zero-order valence-corrected chi connectivity index (χ0v) is 33.4. The number of nitrogens with one attached hydrogen (secondary N) is 1. The van der Waals surface area contributed by atoms with Gasteiger partial charge in [0, 0.05) is 60.9 Å². The zero-order chi connectivity index (χ0) is 38.0. The van der Waals surface area contributed by atoms with Crippen molar-refractivity contribution < 1.29 is 27.2 Å². The number of ether oxygens (including phenoxy) is 1. The summed E-state index contributed by atoms with van der Waals surface area (Å²) in [6.07, 6.45) is 1.96. The van der Waals surface area contributed by atoms with Gasteiger partial charge in [0.1, 0.15) is 28.3 Å². The van der Waals surface area contributed by atoms with Crippen LogP contribution in [-0.2, 0) is 26.2 Å². The van der Waals surface area contributed by atoms with E-state index in [4.69, 9.17) is 33.7 Å². The van der Waals surface area contributed by atoms with Gasteiger partial charge in [-0.3, -0.25) is 9.59 Å². The van der Waals surface area contributed by atoms with E-state index >= 15 is 0 Å². The van der Waals surface area contributed by atoms with Gasteiger partial charge in [0.25, 0.3) is 0 Å². The number of sulfonamides is 1. The number of piperazine rings is 1. The predicted octanol–water partition coefficient (Wildman–Crippen LogP) is 3.96. The van der Waals surface area contributed by atoms with Crippen LogP contribution in [0.15, 0.2) is 41.3 Å². The summed E-state index contributed by atoms with van der Waals surface area (Å²) in [7, 11) is 3.91. The van der Waals surface area contributed by atoms with E-state index in [2.05, 4.69) is 35.7 Å². The third-order valence-corrected chi connectivity index (χ3v) is 12.5. The maximum absolute atomic E-state index is 14.3. The van der Waals surface area contributed by atoms with Crippen LogP contribution >= 0.6 is 23.2 Å². The summed E-state index contributed by atoms with van der Waals surface area (Å²) >= 11 is 13.4. The third-order valence-electron chi connectivity index (χ3n) is 10.1. The zero-order valence-electron chi connectivity index (χ0n) is 31.0. The molecule has 2 aromatic carbocycles. The number of amides is 2. The number of aryl methyl sites for hydroxylation is 2. The minimum absolute atomic E-state index is 0.0824. The summed E-state index contributed by atoms with van der Waals surface area (Å²) in [5.74, 6) is 0.0795. The van der Waals surface area contributed by atoms with Crippen molar-refractivity contribution in [2.24, 2.45) is 5.73 Å². The molecular weight excluding hydrogens is 725 g/mol. The molecule has 1 atom stereocenters. The number of halogens is 2. The molecule has 15 heteroatoms. The number of para-hydroxylation sites is 1. The average molecular weight is 778 g/mol. The van der Waals surface area contributed by atoms with Crippen LogP contribution in [0, 0.1) is 13.8 Å². The van der Waals surface area contributed by atoms with Crippen molar-refractivity contribution in [1.82, 2.24) is 24.4 Å². The number of carbonyl (C=O) groups is 2. The molecule has 5 rings (SSSR count). The van der Waals surface area contributed by atoms with Gasteiger partial charge in [0.05, 0.1) is 38.8 Å². The van der Waals surface area contributed by atoms with Gasteiger partial charge in [0.15, 0.2) is 0 Å². The molecule has 2 saturated heterocycles. The van der Waals surface area contributed by atoms with Crippen LogP contribution in [0.5, 0.6) is 5.75 Å². The molecule has 0 bridgehead atoms. The molecule has 2 aliphatic heterocycles. The minimum Gasteiger partial charge on any atom is -0.487 e. The molecule has 1 aromatic heterocycles. The van der Waals surface area contributed by atoms with Gasteiger partial charge in [-0.2, -0.15) is 4.72 Å². The fourth-order valence-electron chi connectivity index (χ4n) is 6.99. The van der Waals surface area contributed by atoms with Crippen molar-refractivity contribution in [1.29, 1.82) is 0 Å². The van der Waals surface area contributed by atoms with Gasteiger partial charge < -0.3 is 29.7 Å². The molecule has 284 valence electrons. The second-order valence-electron chi connectivity index (χ2n) is 15.2. The van der Waals surface area contributed by atoms with Gasteiger partial charge in [-0.1, -0.05) is 35.3 Å². The van der Waals surface area contributed by atoms with Crippen LogP contribution in [0.2, 0.25) is 10.0 Å². The quantitative estimate of drug-likeness (QED) is 0.264. The highest BCUT2D eigenvalue weighted by molar-refractivity contribution is 7.89. The number of pyridine rings is 1. The number of likely N-dealkylation sites (tertiary alicyclic amines) is 1. The molecule has 52 heavy (non-hydrogen) atoms. The predicted molar refractivity (Wildman–Crippen MR) is 205 cm³/mol. The summed E-state index contributed by atoms with van der Waals surface area (Å²) < 4.78 is 38.2. The van der Waals surface area contributed by atoms with E-state index < -0.39 is 21.6 Å². The molecule has 3 N–H and O–H groups in total. The number of benzene rings is 2. The van der Waals surface area contributed by atoms with Crippen LogP contribution in [0.3, 0.4) is 0 Å². The standard InChI is InChI=1S/C37H52Cl2N7O5S/c1-25-23-26(2)41-34-27(25)9-7-11-31(34)51-24-28-29(38)12-13-32(33(28)39)52(49,50)42-37(14-16-43(3)17-15-37)36(48)45-20-18-44(19-21-45)35(47)30(40)10-8-22-46(4,5)6/h7,9,11-13,23,30,42H,8,10,14-22,24,40H2,1-6H3/q+1/t30-/m0/s1. The number of carbonyl (C=O) groups excluding carboxylic acids is 2. The number of nitrogens with zero attached hydrogens (tertiary/aromatic N) is 5. The van der Waals surface area contributed by atoms with Crippen molar-refractivity contribution >= 4 is 55.9 Å². The second kappa shape index (κ2) is 16.1. The first kappa shape index (κ1) is 40.2. The summed E-state index contributed by atoms with van der Waals surface area (Å²) in [4.78, 5) is 37.4. The van der Waals surface area contributed by atoms with Crippen molar-refractivity contribution in [3.05, 3.63) is 63.3 Å². The lowest BCUT2D eigenvalue weighted by atomic mass is 9.87. The van der Waals surface area contributed by atoms with Crippen LogP contribution in [0.4, 0.5) is 0 Å². The van der Waals surface area contributed by atoms with Gasteiger partial charge in [0.2, 0.25) is 21.8 Å². The Morgan fingerprint density at radius 1 is 1.02 bits per heavy atom. The normalized spacial score (nSPS) is 17.7. The Morgan fingerprint density at radius 3 is 2.33 bits per heavy atom. The van der Waals surface area contributed by atoms with Crippen LogP contribution < -0.4 is 15.2 Å². The Bertz CT molecular complexity index is 1900. The van der Waals surface area contributed by atoms with Crippen LogP contribution in [0.1, 0.15) is 42.5 Å². The van der Waals surface area contributed by atoms with Crippen LogP contribution in [0.25, 0.3) is 10.9 Å². The van der Waals surface area contributed by atoms with E-state index in [1.807, 2.05) is 39.1 Å². The Morgan fingerprint density at radius 2 is 1.67 bits per heavy atom. The summed E-state index contributed by atoms with van der Waals surface area (Å²) in [6, 6.07) is 9.86. The molecular formula is C37H52Cl2N7O5S+. The molecule has 2 fully saturated rings. The maximum Gasteiger partial charge on any atom is 0.244 e. The number of hydrogen-bond donors (Lipinski definition) is 2. The third kappa shape index (κ3) is 9.18. The number of nitrogens with two attached hydrogens (primary N) is 1. The topological polar surface area (TPSA) is 138 Å². The number of quaternary nitrogens is 1. The average Bonchev–Trinajstić information content (AvgIpc) is 3.08. The second-order valence-corrected chi connectivity index (χ2v) is 17.7.